The number of carboxylic acids is 1. The van der Waals surface area contributed by atoms with Crippen molar-refractivity contribution >= 4 is 17.6 Å². The van der Waals surface area contributed by atoms with Crippen LogP contribution in [-0.2, 0) is 12.7 Å². The number of halogens is 5. The Morgan fingerprint density at radius 3 is 2.48 bits per heavy atom. The maximum atomic E-state index is 13.7. The van der Waals surface area contributed by atoms with Crippen molar-refractivity contribution in [1.82, 2.24) is 4.57 Å². The van der Waals surface area contributed by atoms with Gasteiger partial charge in [-0.05, 0) is 6.07 Å². The summed E-state index contributed by atoms with van der Waals surface area (Å²) < 4.78 is 52.9. The minimum atomic E-state index is -4.80. The van der Waals surface area contributed by atoms with Crippen LogP contribution >= 0.6 is 11.6 Å². The standard InChI is InChI=1S/C13H8ClF4NO2/c14-10-3-1-2-7(11(10)15)4-19-5-8(12(20)21)9(6-19)13(16,17)18/h1-3,5-6H,4H2,(H,20,21). The number of benzene rings is 1. The van der Waals surface area contributed by atoms with Crippen molar-refractivity contribution < 1.29 is 27.5 Å². The molecule has 1 aromatic heterocycles. The first-order chi connectivity index (χ1) is 9.70. The quantitative estimate of drug-likeness (QED) is 0.867. The number of rotatable bonds is 3. The zero-order valence-corrected chi connectivity index (χ0v) is 11.0. The van der Waals surface area contributed by atoms with Crippen molar-refractivity contribution in [3.8, 4) is 0 Å². The van der Waals surface area contributed by atoms with E-state index in [9.17, 15) is 22.4 Å². The van der Waals surface area contributed by atoms with Gasteiger partial charge in [-0.1, -0.05) is 23.7 Å². The van der Waals surface area contributed by atoms with E-state index in [0.717, 1.165) is 10.8 Å². The maximum absolute atomic E-state index is 13.7. The molecule has 0 amide bonds. The highest BCUT2D eigenvalue weighted by Gasteiger charge is 2.37. The van der Waals surface area contributed by atoms with Gasteiger partial charge in [-0.25, -0.2) is 9.18 Å². The molecule has 0 atom stereocenters. The maximum Gasteiger partial charge on any atom is 0.418 e. The molecule has 0 unspecified atom stereocenters. The van der Waals surface area contributed by atoms with Crippen LogP contribution < -0.4 is 0 Å². The number of aromatic carboxylic acids is 1. The molecule has 0 spiro atoms. The van der Waals surface area contributed by atoms with Crippen LogP contribution in [0.4, 0.5) is 17.6 Å². The smallest absolute Gasteiger partial charge is 0.418 e. The summed E-state index contributed by atoms with van der Waals surface area (Å²) in [6, 6.07) is 4.11. The van der Waals surface area contributed by atoms with Crippen molar-refractivity contribution in [2.45, 2.75) is 12.7 Å². The monoisotopic (exact) mass is 321 g/mol. The lowest BCUT2D eigenvalue weighted by molar-refractivity contribution is -0.138. The van der Waals surface area contributed by atoms with E-state index in [0.29, 0.717) is 6.20 Å². The molecule has 0 radical (unpaired) electrons. The number of carbonyl (C=O) groups is 1. The molecular formula is C13H8ClF4NO2. The Kier molecular flexibility index (Phi) is 3.95. The second-order valence-corrected chi connectivity index (χ2v) is 4.68. The molecule has 0 saturated heterocycles. The molecule has 0 aliphatic heterocycles. The van der Waals surface area contributed by atoms with Gasteiger partial charge in [-0.3, -0.25) is 0 Å². The summed E-state index contributed by atoms with van der Waals surface area (Å²) in [6.07, 6.45) is -3.36. The first-order valence-electron chi connectivity index (χ1n) is 5.63. The van der Waals surface area contributed by atoms with Gasteiger partial charge in [0.2, 0.25) is 0 Å². The molecule has 21 heavy (non-hydrogen) atoms. The van der Waals surface area contributed by atoms with Crippen molar-refractivity contribution in [3.05, 3.63) is 58.1 Å². The lowest BCUT2D eigenvalue weighted by Gasteiger charge is -2.06. The van der Waals surface area contributed by atoms with E-state index in [1.165, 1.54) is 18.2 Å². The van der Waals surface area contributed by atoms with Gasteiger partial charge in [0.05, 0.1) is 16.1 Å². The molecule has 1 aromatic carbocycles. The number of hydrogen-bond acceptors (Lipinski definition) is 1. The van der Waals surface area contributed by atoms with Gasteiger partial charge in [-0.2, -0.15) is 13.2 Å². The first kappa shape index (κ1) is 15.4. The number of alkyl halides is 3. The number of nitrogens with zero attached hydrogens (tertiary/aromatic N) is 1. The summed E-state index contributed by atoms with van der Waals surface area (Å²) in [6.45, 7) is -0.261. The molecule has 2 rings (SSSR count). The average Bonchev–Trinajstić information content (AvgIpc) is 2.79. The number of carboxylic acid groups (broad SMARTS) is 1. The fourth-order valence-corrected chi connectivity index (χ4v) is 2.06. The van der Waals surface area contributed by atoms with Crippen molar-refractivity contribution in [1.29, 1.82) is 0 Å². The number of hydrogen-bond donors (Lipinski definition) is 1. The molecular weight excluding hydrogens is 314 g/mol. The first-order valence-corrected chi connectivity index (χ1v) is 6.01. The molecule has 112 valence electrons. The van der Waals surface area contributed by atoms with Crippen molar-refractivity contribution in [2.24, 2.45) is 0 Å². The van der Waals surface area contributed by atoms with Crippen LogP contribution in [-0.4, -0.2) is 15.6 Å². The fraction of sp³-hybridized carbons (Fsp3) is 0.154. The topological polar surface area (TPSA) is 42.2 Å². The summed E-state index contributed by atoms with van der Waals surface area (Å²) in [7, 11) is 0. The molecule has 2 aromatic rings. The Balaban J connectivity index is 2.42. The van der Waals surface area contributed by atoms with Crippen LogP contribution in [0.5, 0.6) is 0 Å². The van der Waals surface area contributed by atoms with Gasteiger partial charge in [0, 0.05) is 24.5 Å². The van der Waals surface area contributed by atoms with E-state index in [1.54, 1.807) is 0 Å². The highest BCUT2D eigenvalue weighted by molar-refractivity contribution is 6.30. The summed E-state index contributed by atoms with van der Waals surface area (Å²) in [4.78, 5) is 10.8. The van der Waals surface area contributed by atoms with E-state index in [1.807, 2.05) is 0 Å². The summed E-state index contributed by atoms with van der Waals surface area (Å²) in [5, 5.41) is 8.64. The lowest BCUT2D eigenvalue weighted by atomic mass is 10.2. The van der Waals surface area contributed by atoms with Crippen LogP contribution in [0.3, 0.4) is 0 Å². The normalized spacial score (nSPS) is 11.7. The number of aromatic nitrogens is 1. The third-order valence-electron chi connectivity index (χ3n) is 2.80. The minimum absolute atomic E-state index is 0.0585. The van der Waals surface area contributed by atoms with Crippen LogP contribution in [0, 0.1) is 5.82 Å². The zero-order chi connectivity index (χ0) is 15.8. The van der Waals surface area contributed by atoms with Crippen molar-refractivity contribution in [2.75, 3.05) is 0 Å². The van der Waals surface area contributed by atoms with E-state index in [2.05, 4.69) is 0 Å². The third kappa shape index (κ3) is 3.18. The predicted molar refractivity (Wildman–Crippen MR) is 66.9 cm³/mol. The second-order valence-electron chi connectivity index (χ2n) is 4.27. The average molecular weight is 322 g/mol. The van der Waals surface area contributed by atoms with Crippen LogP contribution in [0.2, 0.25) is 5.02 Å². The molecule has 0 aliphatic rings. The van der Waals surface area contributed by atoms with E-state index in [-0.39, 0.29) is 17.1 Å². The Labute approximate surface area is 121 Å². The Morgan fingerprint density at radius 2 is 1.95 bits per heavy atom. The van der Waals surface area contributed by atoms with Gasteiger partial charge in [-0.15, -0.1) is 0 Å². The molecule has 3 nitrogen and oxygen atoms in total. The minimum Gasteiger partial charge on any atom is -0.478 e. The third-order valence-corrected chi connectivity index (χ3v) is 3.09. The van der Waals surface area contributed by atoms with Gasteiger partial charge < -0.3 is 9.67 Å². The molecule has 0 aliphatic carbocycles. The highest BCUT2D eigenvalue weighted by atomic mass is 35.5. The Morgan fingerprint density at radius 1 is 1.29 bits per heavy atom. The Hall–Kier alpha value is -2.02. The molecule has 8 heteroatoms. The summed E-state index contributed by atoms with van der Waals surface area (Å²) in [5.41, 5.74) is -2.11. The second kappa shape index (κ2) is 5.40. The van der Waals surface area contributed by atoms with E-state index in [4.69, 9.17) is 16.7 Å². The lowest BCUT2D eigenvalue weighted by Crippen LogP contribution is -2.09. The largest absolute Gasteiger partial charge is 0.478 e. The van der Waals surface area contributed by atoms with Crippen LogP contribution in [0.15, 0.2) is 30.6 Å². The van der Waals surface area contributed by atoms with E-state index < -0.39 is 29.1 Å². The molecule has 0 fully saturated rings. The van der Waals surface area contributed by atoms with Gasteiger partial charge in [0.1, 0.15) is 5.82 Å². The highest BCUT2D eigenvalue weighted by Crippen LogP contribution is 2.33. The van der Waals surface area contributed by atoms with Crippen LogP contribution in [0.1, 0.15) is 21.5 Å². The van der Waals surface area contributed by atoms with Gasteiger partial charge in [0.25, 0.3) is 0 Å². The molecule has 0 bridgehead atoms. The van der Waals surface area contributed by atoms with Gasteiger partial charge in [0.15, 0.2) is 0 Å². The SMILES string of the molecule is O=C(O)c1cn(Cc2cccc(Cl)c2F)cc1C(F)(F)F. The molecule has 1 N–H and O–H groups in total. The van der Waals surface area contributed by atoms with Crippen molar-refractivity contribution in [3.63, 3.8) is 0 Å². The molecule has 0 saturated carbocycles. The Bertz CT molecular complexity index is 694. The van der Waals surface area contributed by atoms with E-state index >= 15 is 0 Å². The van der Waals surface area contributed by atoms with Crippen LogP contribution in [0.25, 0.3) is 0 Å². The fourth-order valence-electron chi connectivity index (χ4n) is 1.86. The predicted octanol–water partition coefficient (Wildman–Crippen LogP) is 4.05. The summed E-state index contributed by atoms with van der Waals surface area (Å²) >= 11 is 5.58. The van der Waals surface area contributed by atoms with Gasteiger partial charge >= 0.3 is 12.1 Å². The molecule has 1 heterocycles. The summed E-state index contributed by atoms with van der Waals surface area (Å²) in [5.74, 6) is -2.45. The zero-order valence-electron chi connectivity index (χ0n) is 10.3.